The number of carbonyl (C=O) groups is 1. The summed E-state index contributed by atoms with van der Waals surface area (Å²) in [5.74, 6) is 1.43. The SMILES string of the molecule is CN1CC(N=C2NC3(CCCCC3)CS2)CCC1=O. The molecule has 1 unspecified atom stereocenters. The third-order valence-electron chi connectivity index (χ3n) is 4.57. The molecule has 1 atom stereocenters. The maximum atomic E-state index is 11.5. The van der Waals surface area contributed by atoms with Gasteiger partial charge in [0.15, 0.2) is 5.17 Å². The topological polar surface area (TPSA) is 44.7 Å². The lowest BCUT2D eigenvalue weighted by atomic mass is 9.83. The van der Waals surface area contributed by atoms with Crippen LogP contribution in [-0.2, 0) is 4.79 Å². The van der Waals surface area contributed by atoms with E-state index >= 15 is 0 Å². The monoisotopic (exact) mass is 281 g/mol. The highest BCUT2D eigenvalue weighted by atomic mass is 32.2. The molecule has 0 bridgehead atoms. The summed E-state index contributed by atoms with van der Waals surface area (Å²) in [6, 6.07) is 0.288. The maximum Gasteiger partial charge on any atom is 0.222 e. The summed E-state index contributed by atoms with van der Waals surface area (Å²) in [6.45, 7) is 0.775. The summed E-state index contributed by atoms with van der Waals surface area (Å²) in [5, 5.41) is 4.81. The van der Waals surface area contributed by atoms with Crippen molar-refractivity contribution < 1.29 is 4.79 Å². The van der Waals surface area contributed by atoms with Crippen LogP contribution in [0.15, 0.2) is 4.99 Å². The van der Waals surface area contributed by atoms with Gasteiger partial charge in [-0.25, -0.2) is 0 Å². The molecule has 1 amide bonds. The van der Waals surface area contributed by atoms with Crippen LogP contribution in [0.3, 0.4) is 0 Å². The van der Waals surface area contributed by atoms with Crippen molar-refractivity contribution >= 4 is 22.8 Å². The zero-order valence-electron chi connectivity index (χ0n) is 11.7. The Labute approximate surface area is 119 Å². The van der Waals surface area contributed by atoms with Gasteiger partial charge in [-0.3, -0.25) is 9.79 Å². The fourth-order valence-electron chi connectivity index (χ4n) is 3.33. The van der Waals surface area contributed by atoms with E-state index in [9.17, 15) is 4.79 Å². The van der Waals surface area contributed by atoms with Gasteiger partial charge in [0, 0.05) is 31.3 Å². The molecule has 5 heteroatoms. The number of carbonyl (C=O) groups excluding carboxylic acids is 1. The molecule has 19 heavy (non-hydrogen) atoms. The second kappa shape index (κ2) is 5.35. The second-order valence-electron chi connectivity index (χ2n) is 6.16. The van der Waals surface area contributed by atoms with Gasteiger partial charge in [-0.2, -0.15) is 0 Å². The van der Waals surface area contributed by atoms with Crippen molar-refractivity contribution in [3.63, 3.8) is 0 Å². The number of amidine groups is 1. The Morgan fingerprint density at radius 3 is 2.89 bits per heavy atom. The van der Waals surface area contributed by atoms with Crippen LogP contribution < -0.4 is 5.32 Å². The number of likely N-dealkylation sites (N-methyl/N-ethyl adjacent to an activating group) is 1. The molecule has 0 radical (unpaired) electrons. The van der Waals surface area contributed by atoms with Crippen LogP contribution in [0.5, 0.6) is 0 Å². The van der Waals surface area contributed by atoms with E-state index in [0.717, 1.165) is 18.1 Å². The Balaban J connectivity index is 1.61. The van der Waals surface area contributed by atoms with Crippen molar-refractivity contribution in [2.24, 2.45) is 4.99 Å². The Morgan fingerprint density at radius 2 is 2.16 bits per heavy atom. The Hall–Kier alpha value is -0.710. The van der Waals surface area contributed by atoms with Gasteiger partial charge in [0.2, 0.25) is 5.91 Å². The lowest BCUT2D eigenvalue weighted by molar-refractivity contribution is -0.132. The summed E-state index contributed by atoms with van der Waals surface area (Å²) >= 11 is 1.88. The zero-order valence-corrected chi connectivity index (χ0v) is 12.5. The lowest BCUT2D eigenvalue weighted by Gasteiger charge is -2.33. The summed E-state index contributed by atoms with van der Waals surface area (Å²) in [4.78, 5) is 18.1. The van der Waals surface area contributed by atoms with E-state index in [1.165, 1.54) is 37.9 Å². The third-order valence-corrected chi connectivity index (χ3v) is 5.75. The van der Waals surface area contributed by atoms with Crippen molar-refractivity contribution in [3.8, 4) is 0 Å². The molecular formula is C14H23N3OS. The van der Waals surface area contributed by atoms with Crippen molar-refractivity contribution in [2.75, 3.05) is 19.3 Å². The minimum absolute atomic E-state index is 0.257. The largest absolute Gasteiger partial charge is 0.359 e. The first-order valence-electron chi connectivity index (χ1n) is 7.40. The average Bonchev–Trinajstić information content (AvgIpc) is 2.78. The molecule has 3 fully saturated rings. The van der Waals surface area contributed by atoms with E-state index in [-0.39, 0.29) is 11.9 Å². The Kier molecular flexibility index (Phi) is 3.74. The number of piperidine rings is 1. The fourth-order valence-corrected chi connectivity index (χ4v) is 4.62. The molecule has 1 aliphatic carbocycles. The Morgan fingerprint density at radius 1 is 1.37 bits per heavy atom. The summed E-state index contributed by atoms with van der Waals surface area (Å²) in [7, 11) is 1.88. The maximum absolute atomic E-state index is 11.5. The van der Waals surface area contributed by atoms with Gasteiger partial charge in [-0.1, -0.05) is 31.0 Å². The molecule has 1 saturated carbocycles. The van der Waals surface area contributed by atoms with Crippen molar-refractivity contribution in [1.29, 1.82) is 0 Å². The van der Waals surface area contributed by atoms with Crippen molar-refractivity contribution in [3.05, 3.63) is 0 Å². The van der Waals surface area contributed by atoms with E-state index in [1.807, 2.05) is 23.7 Å². The third kappa shape index (κ3) is 2.91. The van der Waals surface area contributed by atoms with E-state index in [4.69, 9.17) is 4.99 Å². The van der Waals surface area contributed by atoms with Crippen LogP contribution in [0.2, 0.25) is 0 Å². The summed E-state index contributed by atoms with van der Waals surface area (Å²) in [5.41, 5.74) is 0.331. The lowest BCUT2D eigenvalue weighted by Crippen LogP contribution is -2.46. The quantitative estimate of drug-likeness (QED) is 0.799. The first-order chi connectivity index (χ1) is 9.17. The molecular weight excluding hydrogens is 258 g/mol. The predicted molar refractivity (Wildman–Crippen MR) is 79.5 cm³/mol. The molecule has 0 aromatic carbocycles. The molecule has 2 aliphatic heterocycles. The molecule has 3 aliphatic rings. The van der Waals surface area contributed by atoms with Crippen LogP contribution >= 0.6 is 11.8 Å². The van der Waals surface area contributed by atoms with Crippen molar-refractivity contribution in [1.82, 2.24) is 10.2 Å². The van der Waals surface area contributed by atoms with Gasteiger partial charge in [0.05, 0.1) is 6.04 Å². The van der Waals surface area contributed by atoms with Crippen LogP contribution in [0.25, 0.3) is 0 Å². The highest BCUT2D eigenvalue weighted by Gasteiger charge is 2.38. The molecule has 0 aromatic heterocycles. The van der Waals surface area contributed by atoms with Gasteiger partial charge >= 0.3 is 0 Å². The van der Waals surface area contributed by atoms with Crippen LogP contribution in [0.1, 0.15) is 44.9 Å². The number of hydrogen-bond donors (Lipinski definition) is 1. The molecule has 4 nitrogen and oxygen atoms in total. The molecule has 1 spiro atoms. The normalized spacial score (nSPS) is 32.9. The molecule has 2 heterocycles. The minimum atomic E-state index is 0.257. The molecule has 0 aromatic rings. The number of rotatable bonds is 1. The van der Waals surface area contributed by atoms with Crippen LogP contribution in [0.4, 0.5) is 0 Å². The van der Waals surface area contributed by atoms with E-state index in [2.05, 4.69) is 5.32 Å². The molecule has 2 saturated heterocycles. The fraction of sp³-hybridized carbons (Fsp3) is 0.857. The standard InChI is InChI=1S/C14H23N3OS/c1-17-9-11(5-6-12(17)18)15-13-16-14(10-19-13)7-3-2-4-8-14/h11H,2-10H2,1H3,(H,15,16). The number of amides is 1. The van der Waals surface area contributed by atoms with E-state index in [1.54, 1.807) is 0 Å². The predicted octanol–water partition coefficient (Wildman–Crippen LogP) is 2.00. The van der Waals surface area contributed by atoms with Crippen LogP contribution in [-0.4, -0.2) is 46.9 Å². The molecule has 106 valence electrons. The number of aliphatic imine (C=N–C) groups is 1. The molecule has 3 rings (SSSR count). The minimum Gasteiger partial charge on any atom is -0.359 e. The summed E-state index contributed by atoms with van der Waals surface area (Å²) in [6.07, 6.45) is 8.22. The number of likely N-dealkylation sites (tertiary alicyclic amines) is 1. The smallest absolute Gasteiger partial charge is 0.222 e. The summed E-state index contributed by atoms with van der Waals surface area (Å²) < 4.78 is 0. The second-order valence-corrected chi connectivity index (χ2v) is 7.12. The first-order valence-corrected chi connectivity index (χ1v) is 8.38. The first kappa shape index (κ1) is 13.3. The Bertz CT molecular complexity index is 390. The highest BCUT2D eigenvalue weighted by molar-refractivity contribution is 8.14. The van der Waals surface area contributed by atoms with E-state index in [0.29, 0.717) is 12.0 Å². The number of hydrogen-bond acceptors (Lipinski definition) is 3. The van der Waals surface area contributed by atoms with E-state index < -0.39 is 0 Å². The average molecular weight is 281 g/mol. The molecule has 1 N–H and O–H groups in total. The number of nitrogens with one attached hydrogen (secondary N) is 1. The van der Waals surface area contributed by atoms with Gasteiger partial charge in [0.1, 0.15) is 0 Å². The van der Waals surface area contributed by atoms with Crippen molar-refractivity contribution in [2.45, 2.75) is 56.5 Å². The number of thioether (sulfide) groups is 1. The van der Waals surface area contributed by atoms with Gasteiger partial charge in [0.25, 0.3) is 0 Å². The zero-order chi connectivity index (χ0) is 13.3. The number of nitrogens with zero attached hydrogens (tertiary/aromatic N) is 2. The van der Waals surface area contributed by atoms with Gasteiger partial charge < -0.3 is 10.2 Å². The van der Waals surface area contributed by atoms with Crippen LogP contribution in [0, 0.1) is 0 Å². The van der Waals surface area contributed by atoms with Gasteiger partial charge in [-0.05, 0) is 19.3 Å². The highest BCUT2D eigenvalue weighted by Crippen LogP contribution is 2.36. The van der Waals surface area contributed by atoms with Gasteiger partial charge in [-0.15, -0.1) is 0 Å².